The number of ether oxygens (including phenoxy) is 2. The Balaban J connectivity index is 1.46. The molecule has 32 heavy (non-hydrogen) atoms. The summed E-state index contributed by atoms with van der Waals surface area (Å²) >= 11 is 5.98. The Bertz CT molecular complexity index is 1070. The van der Waals surface area contributed by atoms with Crippen LogP contribution in [0, 0.1) is 0 Å². The summed E-state index contributed by atoms with van der Waals surface area (Å²) in [7, 11) is 1.87. The predicted molar refractivity (Wildman–Crippen MR) is 125 cm³/mol. The molecule has 2 aromatic carbocycles. The fourth-order valence-electron chi connectivity index (χ4n) is 3.54. The second-order valence-electron chi connectivity index (χ2n) is 7.47. The van der Waals surface area contributed by atoms with Crippen LogP contribution in [0.3, 0.4) is 0 Å². The maximum Gasteiger partial charge on any atom is 0.323 e. The van der Waals surface area contributed by atoms with E-state index in [-0.39, 0.29) is 12.1 Å². The van der Waals surface area contributed by atoms with E-state index in [2.05, 4.69) is 21.0 Å². The minimum atomic E-state index is -0.362. The molecule has 1 aliphatic rings. The first-order chi connectivity index (χ1) is 15.6. The molecule has 1 aromatic heterocycles. The van der Waals surface area contributed by atoms with Crippen molar-refractivity contribution < 1.29 is 14.3 Å². The summed E-state index contributed by atoms with van der Waals surface area (Å²) in [5.74, 6) is 0.721. The fourth-order valence-corrected chi connectivity index (χ4v) is 3.73. The molecule has 3 aromatic rings. The van der Waals surface area contributed by atoms with Crippen LogP contribution < -0.4 is 20.7 Å². The summed E-state index contributed by atoms with van der Waals surface area (Å²) in [4.78, 5) is 12.5. The number of rotatable bonds is 7. The van der Waals surface area contributed by atoms with Crippen molar-refractivity contribution in [2.24, 2.45) is 7.05 Å². The van der Waals surface area contributed by atoms with Crippen LogP contribution in [-0.4, -0.2) is 48.2 Å². The smallest absolute Gasteiger partial charge is 0.323 e. The standard InChI is InChI=1S/C23H26ClN5O3/c1-29-21(7-9-26-29)20-14-18(28-23(30)27-17-4-2-3-16(24)13-17)5-6-22(20)32-11-8-19-15-25-10-12-31-19/h2-7,9,13-14,19,25H,8,10-12,15H2,1H3,(H2,27,28,30). The van der Waals surface area contributed by atoms with Gasteiger partial charge in [0.2, 0.25) is 0 Å². The summed E-state index contributed by atoms with van der Waals surface area (Å²) < 4.78 is 13.6. The number of urea groups is 1. The van der Waals surface area contributed by atoms with Gasteiger partial charge >= 0.3 is 6.03 Å². The van der Waals surface area contributed by atoms with Gasteiger partial charge in [-0.05, 0) is 42.5 Å². The highest BCUT2D eigenvalue weighted by Crippen LogP contribution is 2.32. The fraction of sp³-hybridized carbons (Fsp3) is 0.304. The normalized spacial score (nSPS) is 15.9. The third-order valence-corrected chi connectivity index (χ3v) is 5.35. The molecule has 2 amide bonds. The molecular weight excluding hydrogens is 430 g/mol. The number of nitrogens with one attached hydrogen (secondary N) is 3. The number of anilines is 2. The monoisotopic (exact) mass is 455 g/mol. The Morgan fingerprint density at radius 1 is 1.25 bits per heavy atom. The highest BCUT2D eigenvalue weighted by molar-refractivity contribution is 6.30. The lowest BCUT2D eigenvalue weighted by Crippen LogP contribution is -2.39. The number of carbonyl (C=O) groups is 1. The Morgan fingerprint density at radius 3 is 2.81 bits per heavy atom. The number of aryl methyl sites for hydroxylation is 1. The molecule has 0 spiro atoms. The first-order valence-corrected chi connectivity index (χ1v) is 10.9. The van der Waals surface area contributed by atoms with Crippen molar-refractivity contribution in [1.29, 1.82) is 0 Å². The highest BCUT2D eigenvalue weighted by atomic mass is 35.5. The van der Waals surface area contributed by atoms with Crippen LogP contribution in [0.1, 0.15) is 6.42 Å². The third kappa shape index (κ3) is 5.79. The number of halogens is 1. The molecule has 1 unspecified atom stereocenters. The van der Waals surface area contributed by atoms with Gasteiger partial charge in [-0.3, -0.25) is 4.68 Å². The molecule has 1 atom stereocenters. The van der Waals surface area contributed by atoms with Crippen molar-refractivity contribution in [2.45, 2.75) is 12.5 Å². The van der Waals surface area contributed by atoms with Crippen LogP contribution in [0.4, 0.5) is 16.2 Å². The average molecular weight is 456 g/mol. The highest BCUT2D eigenvalue weighted by Gasteiger charge is 2.16. The summed E-state index contributed by atoms with van der Waals surface area (Å²) in [5, 5.41) is 13.8. The quantitative estimate of drug-likeness (QED) is 0.498. The lowest BCUT2D eigenvalue weighted by Gasteiger charge is -2.23. The van der Waals surface area contributed by atoms with Crippen LogP contribution in [0.2, 0.25) is 5.02 Å². The van der Waals surface area contributed by atoms with Crippen LogP contribution in [-0.2, 0) is 11.8 Å². The van der Waals surface area contributed by atoms with E-state index in [1.54, 1.807) is 35.1 Å². The van der Waals surface area contributed by atoms with Crippen LogP contribution in [0.5, 0.6) is 5.75 Å². The zero-order chi connectivity index (χ0) is 22.3. The van der Waals surface area contributed by atoms with Crippen molar-refractivity contribution in [2.75, 3.05) is 36.9 Å². The Labute approximate surface area is 191 Å². The Morgan fingerprint density at radius 2 is 2.09 bits per heavy atom. The van der Waals surface area contributed by atoms with Gasteiger partial charge in [0.05, 0.1) is 25.0 Å². The Hall–Kier alpha value is -3.07. The van der Waals surface area contributed by atoms with Gasteiger partial charge in [-0.25, -0.2) is 4.79 Å². The number of hydrogen-bond donors (Lipinski definition) is 3. The summed E-state index contributed by atoms with van der Waals surface area (Å²) in [6, 6.07) is 14.1. The molecule has 2 heterocycles. The topological polar surface area (TPSA) is 89.4 Å². The van der Waals surface area contributed by atoms with E-state index in [0.717, 1.165) is 43.1 Å². The molecule has 1 fully saturated rings. The molecule has 168 valence electrons. The van der Waals surface area contributed by atoms with E-state index in [0.29, 0.717) is 23.0 Å². The van der Waals surface area contributed by atoms with Crippen molar-refractivity contribution in [3.63, 3.8) is 0 Å². The van der Waals surface area contributed by atoms with Gasteiger partial charge in [0.1, 0.15) is 5.75 Å². The Kier molecular flexibility index (Phi) is 7.26. The second kappa shape index (κ2) is 10.5. The zero-order valence-corrected chi connectivity index (χ0v) is 18.6. The average Bonchev–Trinajstić information content (AvgIpc) is 3.21. The van der Waals surface area contributed by atoms with Gasteiger partial charge in [-0.2, -0.15) is 5.10 Å². The molecule has 3 N–H and O–H groups in total. The van der Waals surface area contributed by atoms with Gasteiger partial charge in [-0.1, -0.05) is 17.7 Å². The lowest BCUT2D eigenvalue weighted by atomic mass is 10.1. The van der Waals surface area contributed by atoms with Crippen molar-refractivity contribution in [3.05, 3.63) is 59.8 Å². The van der Waals surface area contributed by atoms with Crippen molar-refractivity contribution in [3.8, 4) is 17.0 Å². The van der Waals surface area contributed by atoms with E-state index in [9.17, 15) is 4.79 Å². The van der Waals surface area contributed by atoms with E-state index in [4.69, 9.17) is 21.1 Å². The first-order valence-electron chi connectivity index (χ1n) is 10.5. The van der Waals surface area contributed by atoms with E-state index in [1.807, 2.05) is 31.3 Å². The van der Waals surface area contributed by atoms with Crippen molar-refractivity contribution >= 4 is 29.0 Å². The van der Waals surface area contributed by atoms with Gasteiger partial charge in [0.15, 0.2) is 0 Å². The summed E-state index contributed by atoms with van der Waals surface area (Å²) in [6.07, 6.45) is 2.67. The molecule has 1 aliphatic heterocycles. The molecule has 0 bridgehead atoms. The minimum absolute atomic E-state index is 0.153. The molecule has 4 rings (SSSR count). The number of hydrogen-bond acceptors (Lipinski definition) is 5. The second-order valence-corrected chi connectivity index (χ2v) is 7.91. The summed E-state index contributed by atoms with van der Waals surface area (Å²) in [5.41, 5.74) is 2.97. The zero-order valence-electron chi connectivity index (χ0n) is 17.8. The van der Waals surface area contributed by atoms with Crippen molar-refractivity contribution in [1.82, 2.24) is 15.1 Å². The number of carbonyl (C=O) groups excluding carboxylic acids is 1. The van der Waals surface area contributed by atoms with E-state index < -0.39 is 0 Å². The number of morpholine rings is 1. The third-order valence-electron chi connectivity index (χ3n) is 5.12. The molecular formula is C23H26ClN5O3. The summed E-state index contributed by atoms with van der Waals surface area (Å²) in [6.45, 7) is 2.98. The van der Waals surface area contributed by atoms with Crippen LogP contribution in [0.15, 0.2) is 54.7 Å². The number of aromatic nitrogens is 2. The molecule has 9 heteroatoms. The van der Waals surface area contributed by atoms with Gasteiger partial charge < -0.3 is 25.4 Å². The maximum atomic E-state index is 12.5. The number of nitrogens with zero attached hydrogens (tertiary/aromatic N) is 2. The molecule has 0 aliphatic carbocycles. The molecule has 0 radical (unpaired) electrons. The molecule has 8 nitrogen and oxygen atoms in total. The largest absolute Gasteiger partial charge is 0.493 e. The maximum absolute atomic E-state index is 12.5. The molecule has 0 saturated carbocycles. The predicted octanol–water partition coefficient (Wildman–Crippen LogP) is 4.14. The van der Waals surface area contributed by atoms with Gasteiger partial charge in [-0.15, -0.1) is 0 Å². The van der Waals surface area contributed by atoms with E-state index in [1.165, 1.54) is 0 Å². The number of amides is 2. The lowest BCUT2D eigenvalue weighted by molar-refractivity contribution is 0.0159. The van der Waals surface area contributed by atoms with Gasteiger partial charge in [0.25, 0.3) is 0 Å². The molecule has 1 saturated heterocycles. The van der Waals surface area contributed by atoms with Crippen LogP contribution >= 0.6 is 11.6 Å². The minimum Gasteiger partial charge on any atom is -0.493 e. The van der Waals surface area contributed by atoms with E-state index >= 15 is 0 Å². The first kappa shape index (κ1) is 22.1. The SMILES string of the molecule is Cn1nccc1-c1cc(NC(=O)Nc2cccc(Cl)c2)ccc1OCCC1CNCCO1. The number of benzene rings is 2. The van der Waals surface area contributed by atoms with Crippen LogP contribution in [0.25, 0.3) is 11.3 Å². The van der Waals surface area contributed by atoms with Gasteiger partial charge in [0, 0.05) is 54.7 Å².